The fourth-order valence-electron chi connectivity index (χ4n) is 3.18. The average molecular weight is 428 g/mol. The molecule has 27 heavy (non-hydrogen) atoms. The number of carbonyl (C=O) groups excluding carboxylic acids is 1. The molecule has 1 aliphatic heterocycles. The first kappa shape index (κ1) is 17.6. The van der Waals surface area contributed by atoms with Gasteiger partial charge in [0.2, 0.25) is 0 Å². The fraction of sp³-hybridized carbons (Fsp3) is 0.200. The van der Waals surface area contributed by atoms with Crippen LogP contribution in [0.5, 0.6) is 11.5 Å². The molecule has 0 bridgehead atoms. The maximum absolute atomic E-state index is 12.9. The van der Waals surface area contributed by atoms with Crippen LogP contribution in [-0.2, 0) is 0 Å². The summed E-state index contributed by atoms with van der Waals surface area (Å²) in [5.74, 6) is 1.88. The number of fused-ring (bicyclic) bond motifs is 1. The molecule has 1 amide bonds. The van der Waals surface area contributed by atoms with Gasteiger partial charge in [-0.15, -0.1) is 0 Å². The lowest BCUT2D eigenvalue weighted by Gasteiger charge is -2.20. The minimum atomic E-state index is -0.192. The van der Waals surface area contributed by atoms with Gasteiger partial charge in [-0.2, -0.15) is 0 Å². The Bertz CT molecular complexity index is 1020. The predicted octanol–water partition coefficient (Wildman–Crippen LogP) is 4.28. The van der Waals surface area contributed by atoms with Crippen molar-refractivity contribution in [2.24, 2.45) is 0 Å². The second-order valence-electron chi connectivity index (χ2n) is 6.24. The Balaban J connectivity index is 1.65. The van der Waals surface area contributed by atoms with E-state index >= 15 is 0 Å². The topological polar surface area (TPSA) is 65.4 Å². The minimum absolute atomic E-state index is 0.192. The quantitative estimate of drug-likeness (QED) is 0.677. The van der Waals surface area contributed by atoms with Gasteiger partial charge in [0.05, 0.1) is 11.3 Å². The van der Waals surface area contributed by atoms with Crippen LogP contribution in [0.25, 0.3) is 5.82 Å². The summed E-state index contributed by atoms with van der Waals surface area (Å²) in [6.07, 6.45) is 1.74. The minimum Gasteiger partial charge on any atom is -0.486 e. The van der Waals surface area contributed by atoms with E-state index in [-0.39, 0.29) is 5.91 Å². The Kier molecular flexibility index (Phi) is 4.61. The number of anilines is 1. The molecule has 6 nitrogen and oxygen atoms in total. The van der Waals surface area contributed by atoms with Crippen LogP contribution in [0.3, 0.4) is 0 Å². The molecule has 0 fully saturated rings. The summed E-state index contributed by atoms with van der Waals surface area (Å²) in [6, 6.07) is 11.2. The van der Waals surface area contributed by atoms with E-state index in [2.05, 4.69) is 26.2 Å². The molecular weight excluding hydrogens is 410 g/mol. The first-order valence-corrected chi connectivity index (χ1v) is 9.35. The molecule has 0 unspecified atom stereocenters. The highest BCUT2D eigenvalue weighted by Gasteiger charge is 2.20. The first-order valence-electron chi connectivity index (χ1n) is 8.55. The zero-order valence-electron chi connectivity index (χ0n) is 15.0. The lowest BCUT2D eigenvalue weighted by atomic mass is 10.2. The van der Waals surface area contributed by atoms with E-state index in [1.54, 1.807) is 18.3 Å². The van der Waals surface area contributed by atoms with Crippen LogP contribution in [-0.4, -0.2) is 28.7 Å². The lowest BCUT2D eigenvalue weighted by molar-refractivity contribution is 0.102. The molecule has 7 heteroatoms. The van der Waals surface area contributed by atoms with E-state index in [1.165, 1.54) is 0 Å². The number of carbonyl (C=O) groups is 1. The monoisotopic (exact) mass is 427 g/mol. The molecule has 0 aliphatic carbocycles. The van der Waals surface area contributed by atoms with Crippen molar-refractivity contribution in [3.8, 4) is 17.3 Å². The van der Waals surface area contributed by atoms with Crippen LogP contribution in [0.1, 0.15) is 21.7 Å². The van der Waals surface area contributed by atoms with Crippen molar-refractivity contribution >= 4 is 27.5 Å². The third-order valence-corrected chi connectivity index (χ3v) is 5.09. The van der Waals surface area contributed by atoms with Gasteiger partial charge in [0.25, 0.3) is 5.91 Å². The molecule has 1 aliphatic rings. The molecule has 0 radical (unpaired) electrons. The Morgan fingerprint density at radius 1 is 1.15 bits per heavy atom. The Hall–Kier alpha value is -2.80. The summed E-state index contributed by atoms with van der Waals surface area (Å²) in [5, 5.41) is 2.95. The second kappa shape index (κ2) is 7.08. The van der Waals surface area contributed by atoms with Crippen LogP contribution in [0.2, 0.25) is 0 Å². The van der Waals surface area contributed by atoms with Crippen molar-refractivity contribution in [3.05, 3.63) is 64.0 Å². The standard InChI is InChI=1S/C20H18BrN3O3/c1-12-9-14(13(2)24(12)19-5-3-4-6-22-19)20(25)23-16-11-18-17(10-15(16)21)26-7-8-27-18/h3-6,9-11H,7-8H2,1-2H3,(H,23,25). The molecule has 0 atom stereocenters. The number of halogens is 1. The molecular formula is C20H18BrN3O3. The molecule has 0 saturated carbocycles. The summed E-state index contributed by atoms with van der Waals surface area (Å²) in [6.45, 7) is 4.88. The van der Waals surface area contributed by atoms with Gasteiger partial charge in [0, 0.05) is 34.2 Å². The number of nitrogens with one attached hydrogen (secondary N) is 1. The number of hydrogen-bond donors (Lipinski definition) is 1. The number of amides is 1. The van der Waals surface area contributed by atoms with Crippen LogP contribution in [0.4, 0.5) is 5.69 Å². The smallest absolute Gasteiger partial charge is 0.257 e. The van der Waals surface area contributed by atoms with Gasteiger partial charge in [0.15, 0.2) is 11.5 Å². The first-order chi connectivity index (χ1) is 13.0. The maximum Gasteiger partial charge on any atom is 0.257 e. The normalized spacial score (nSPS) is 12.7. The average Bonchev–Trinajstić information content (AvgIpc) is 2.97. The summed E-state index contributed by atoms with van der Waals surface area (Å²) < 4.78 is 13.9. The number of ether oxygens (including phenoxy) is 2. The van der Waals surface area contributed by atoms with Gasteiger partial charge in [-0.1, -0.05) is 6.07 Å². The SMILES string of the molecule is Cc1cc(C(=O)Nc2cc3c(cc2Br)OCCO3)c(C)n1-c1ccccn1. The van der Waals surface area contributed by atoms with Crippen molar-refractivity contribution in [1.29, 1.82) is 0 Å². The summed E-state index contributed by atoms with van der Waals surface area (Å²) >= 11 is 3.49. The highest BCUT2D eigenvalue weighted by molar-refractivity contribution is 9.10. The number of hydrogen-bond acceptors (Lipinski definition) is 4. The van der Waals surface area contributed by atoms with Crippen LogP contribution in [0, 0.1) is 13.8 Å². The third-order valence-electron chi connectivity index (χ3n) is 4.43. The van der Waals surface area contributed by atoms with Crippen molar-refractivity contribution < 1.29 is 14.3 Å². The van der Waals surface area contributed by atoms with E-state index in [1.807, 2.05) is 42.7 Å². The molecule has 2 aromatic heterocycles. The van der Waals surface area contributed by atoms with Crippen LogP contribution >= 0.6 is 15.9 Å². The molecule has 1 N–H and O–H groups in total. The number of nitrogens with zero attached hydrogens (tertiary/aromatic N) is 2. The highest BCUT2D eigenvalue weighted by Crippen LogP contribution is 2.38. The number of aryl methyl sites for hydroxylation is 1. The van der Waals surface area contributed by atoms with Gasteiger partial charge in [0.1, 0.15) is 19.0 Å². The molecule has 0 spiro atoms. The number of rotatable bonds is 3. The molecule has 1 aromatic carbocycles. The van der Waals surface area contributed by atoms with Crippen LogP contribution < -0.4 is 14.8 Å². The van der Waals surface area contributed by atoms with Gasteiger partial charge in [-0.05, 0) is 48.0 Å². The zero-order valence-corrected chi connectivity index (χ0v) is 16.5. The van der Waals surface area contributed by atoms with E-state index < -0.39 is 0 Å². The summed E-state index contributed by atoms with van der Waals surface area (Å²) in [5.41, 5.74) is 3.00. The Morgan fingerprint density at radius 3 is 2.59 bits per heavy atom. The van der Waals surface area contributed by atoms with Crippen LogP contribution in [0.15, 0.2) is 47.1 Å². The van der Waals surface area contributed by atoms with Crippen molar-refractivity contribution in [2.75, 3.05) is 18.5 Å². The largest absolute Gasteiger partial charge is 0.486 e. The number of benzene rings is 1. The van der Waals surface area contributed by atoms with Gasteiger partial charge < -0.3 is 19.4 Å². The van der Waals surface area contributed by atoms with E-state index in [0.717, 1.165) is 21.7 Å². The van der Waals surface area contributed by atoms with Crippen molar-refractivity contribution in [1.82, 2.24) is 9.55 Å². The fourth-order valence-corrected chi connectivity index (χ4v) is 3.60. The number of aromatic nitrogens is 2. The Labute approximate surface area is 165 Å². The lowest BCUT2D eigenvalue weighted by Crippen LogP contribution is -2.17. The van der Waals surface area contributed by atoms with Gasteiger partial charge in [-0.25, -0.2) is 4.98 Å². The maximum atomic E-state index is 12.9. The van der Waals surface area contributed by atoms with E-state index in [9.17, 15) is 4.79 Å². The third kappa shape index (κ3) is 3.30. The Morgan fingerprint density at radius 2 is 1.89 bits per heavy atom. The summed E-state index contributed by atoms with van der Waals surface area (Å²) in [4.78, 5) is 17.3. The number of pyridine rings is 1. The highest BCUT2D eigenvalue weighted by atomic mass is 79.9. The van der Waals surface area contributed by atoms with Gasteiger partial charge in [-0.3, -0.25) is 4.79 Å². The second-order valence-corrected chi connectivity index (χ2v) is 7.09. The molecule has 138 valence electrons. The van der Waals surface area contributed by atoms with Crippen molar-refractivity contribution in [2.45, 2.75) is 13.8 Å². The zero-order chi connectivity index (χ0) is 19.0. The molecule has 0 saturated heterocycles. The molecule has 4 rings (SSSR count). The van der Waals surface area contributed by atoms with E-state index in [4.69, 9.17) is 9.47 Å². The summed E-state index contributed by atoms with van der Waals surface area (Å²) in [7, 11) is 0. The van der Waals surface area contributed by atoms with E-state index in [0.29, 0.717) is 36.0 Å². The predicted molar refractivity (Wildman–Crippen MR) is 106 cm³/mol. The van der Waals surface area contributed by atoms with Gasteiger partial charge >= 0.3 is 0 Å². The van der Waals surface area contributed by atoms with Crippen molar-refractivity contribution in [3.63, 3.8) is 0 Å². The molecule has 3 aromatic rings. The molecule has 3 heterocycles.